The van der Waals surface area contributed by atoms with Crippen LogP contribution in [0.1, 0.15) is 6.92 Å². The minimum atomic E-state index is -0.244. The summed E-state index contributed by atoms with van der Waals surface area (Å²) in [6, 6.07) is 0. The molecule has 0 atom stereocenters. The lowest BCUT2D eigenvalue weighted by Gasteiger charge is -1.99. The molecule has 0 aromatic carbocycles. The van der Waals surface area contributed by atoms with Crippen molar-refractivity contribution in [2.45, 2.75) is 6.92 Å². The molecular formula is C6H9NOS2. The highest BCUT2D eigenvalue weighted by molar-refractivity contribution is 8.23. The maximum absolute atomic E-state index is 10.6. The molecule has 0 aromatic heterocycles. The Hall–Kier alpha value is -0.350. The van der Waals surface area contributed by atoms with Crippen molar-refractivity contribution in [3.63, 3.8) is 0 Å². The molecule has 56 valence electrons. The van der Waals surface area contributed by atoms with Crippen LogP contribution >= 0.6 is 24.0 Å². The third kappa shape index (κ3) is 4.52. The van der Waals surface area contributed by atoms with Gasteiger partial charge < -0.3 is 5.32 Å². The van der Waals surface area contributed by atoms with E-state index in [0.29, 0.717) is 4.32 Å². The largest absolute Gasteiger partial charge is 0.308 e. The fourth-order valence-corrected chi connectivity index (χ4v) is 1.21. The van der Waals surface area contributed by atoms with E-state index in [0.717, 1.165) is 5.75 Å². The summed E-state index contributed by atoms with van der Waals surface area (Å²) in [4.78, 5) is 10.6. The fourth-order valence-electron chi connectivity index (χ4n) is 0.319. The fraction of sp³-hybridized carbons (Fsp3) is 0.333. The highest BCUT2D eigenvalue weighted by atomic mass is 32.2. The molecule has 0 bridgehead atoms. The lowest BCUT2D eigenvalue weighted by molar-refractivity contribution is -0.115. The van der Waals surface area contributed by atoms with Crippen LogP contribution in [0.5, 0.6) is 0 Å². The highest BCUT2D eigenvalue weighted by Crippen LogP contribution is 1.99. The average molecular weight is 175 g/mol. The molecule has 0 aromatic rings. The van der Waals surface area contributed by atoms with Crippen LogP contribution in [0.3, 0.4) is 0 Å². The molecule has 0 fully saturated rings. The monoisotopic (exact) mass is 175 g/mol. The molecule has 1 amide bonds. The van der Waals surface area contributed by atoms with Gasteiger partial charge in [0.1, 0.15) is 4.32 Å². The standard InChI is InChI=1S/C6H9NOS2/c1-3-5(8)7-6(9)10-4-2/h3H,1,4H2,2H3,(H,7,8,9). The first-order chi connectivity index (χ1) is 4.70. The SMILES string of the molecule is C=CC(=O)NC(=S)SCC. The number of carbonyl (C=O) groups is 1. The van der Waals surface area contributed by atoms with E-state index in [2.05, 4.69) is 11.9 Å². The summed E-state index contributed by atoms with van der Waals surface area (Å²) in [6.45, 7) is 5.26. The quantitative estimate of drug-likeness (QED) is 0.507. The second-order valence-corrected chi connectivity index (χ2v) is 3.35. The summed E-state index contributed by atoms with van der Waals surface area (Å²) in [6.07, 6.45) is 1.20. The Balaban J connectivity index is 3.57. The predicted molar refractivity (Wildman–Crippen MR) is 49.1 cm³/mol. The van der Waals surface area contributed by atoms with E-state index >= 15 is 0 Å². The van der Waals surface area contributed by atoms with Gasteiger partial charge in [-0.1, -0.05) is 37.5 Å². The van der Waals surface area contributed by atoms with Gasteiger partial charge in [-0.15, -0.1) is 0 Å². The first-order valence-electron chi connectivity index (χ1n) is 2.81. The molecule has 0 saturated carbocycles. The number of thiocarbonyl (C=S) groups is 1. The van der Waals surface area contributed by atoms with Crippen molar-refractivity contribution in [1.82, 2.24) is 5.32 Å². The maximum atomic E-state index is 10.6. The Morgan fingerprint density at radius 2 is 2.50 bits per heavy atom. The van der Waals surface area contributed by atoms with Gasteiger partial charge >= 0.3 is 0 Å². The van der Waals surface area contributed by atoms with Crippen molar-refractivity contribution < 1.29 is 4.79 Å². The maximum Gasteiger partial charge on any atom is 0.248 e. The zero-order valence-corrected chi connectivity index (χ0v) is 7.35. The number of amides is 1. The summed E-state index contributed by atoms with van der Waals surface area (Å²) in [5, 5.41) is 2.47. The number of nitrogens with one attached hydrogen (secondary N) is 1. The summed E-state index contributed by atoms with van der Waals surface area (Å²) in [5.74, 6) is 0.627. The van der Waals surface area contributed by atoms with Crippen LogP contribution in [0, 0.1) is 0 Å². The first kappa shape index (κ1) is 9.65. The second-order valence-electron chi connectivity index (χ2n) is 1.41. The van der Waals surface area contributed by atoms with Gasteiger partial charge in [0.15, 0.2) is 0 Å². The molecule has 4 heteroatoms. The van der Waals surface area contributed by atoms with Crippen LogP contribution < -0.4 is 5.32 Å². The summed E-state index contributed by atoms with van der Waals surface area (Å²) in [7, 11) is 0. The van der Waals surface area contributed by atoms with E-state index in [-0.39, 0.29) is 5.91 Å². The molecule has 0 aliphatic carbocycles. The molecule has 0 aliphatic heterocycles. The van der Waals surface area contributed by atoms with E-state index in [1.54, 1.807) is 0 Å². The Kier molecular flexibility index (Phi) is 5.25. The average Bonchev–Trinajstić information content (AvgIpc) is 1.88. The van der Waals surface area contributed by atoms with E-state index in [1.165, 1.54) is 17.8 Å². The third-order valence-corrected chi connectivity index (χ3v) is 1.79. The molecule has 0 rings (SSSR count). The Bertz CT molecular complexity index is 156. The van der Waals surface area contributed by atoms with E-state index < -0.39 is 0 Å². The van der Waals surface area contributed by atoms with Crippen LogP contribution in [-0.2, 0) is 4.79 Å². The molecular weight excluding hydrogens is 166 g/mol. The van der Waals surface area contributed by atoms with Crippen molar-refractivity contribution >= 4 is 34.2 Å². The number of carbonyl (C=O) groups excluding carboxylic acids is 1. The lowest BCUT2D eigenvalue weighted by atomic mass is 10.6. The van der Waals surface area contributed by atoms with Crippen molar-refractivity contribution in [3.8, 4) is 0 Å². The molecule has 0 spiro atoms. The summed E-state index contributed by atoms with van der Waals surface area (Å²) < 4.78 is 0.507. The van der Waals surface area contributed by atoms with Gasteiger partial charge in [0.05, 0.1) is 0 Å². The first-order valence-corrected chi connectivity index (χ1v) is 4.20. The van der Waals surface area contributed by atoms with Crippen LogP contribution in [0.2, 0.25) is 0 Å². The Labute approximate surface area is 70.1 Å². The smallest absolute Gasteiger partial charge is 0.248 e. The highest BCUT2D eigenvalue weighted by Gasteiger charge is 1.97. The predicted octanol–water partition coefficient (Wildman–Crippen LogP) is 1.33. The number of hydrogen-bond acceptors (Lipinski definition) is 3. The molecule has 0 heterocycles. The topological polar surface area (TPSA) is 29.1 Å². The molecule has 0 unspecified atom stereocenters. The zero-order chi connectivity index (χ0) is 7.98. The number of hydrogen-bond donors (Lipinski definition) is 1. The number of rotatable bonds is 2. The zero-order valence-electron chi connectivity index (χ0n) is 5.72. The summed E-state index contributed by atoms with van der Waals surface area (Å²) in [5.41, 5.74) is 0. The second kappa shape index (κ2) is 5.44. The van der Waals surface area contributed by atoms with Crippen LogP contribution in [-0.4, -0.2) is 16.0 Å². The van der Waals surface area contributed by atoms with Gasteiger partial charge in [0.25, 0.3) is 0 Å². The van der Waals surface area contributed by atoms with Gasteiger partial charge in [0.2, 0.25) is 5.91 Å². The van der Waals surface area contributed by atoms with Gasteiger partial charge in [0, 0.05) is 0 Å². The van der Waals surface area contributed by atoms with Gasteiger partial charge in [-0.25, -0.2) is 0 Å². The molecule has 10 heavy (non-hydrogen) atoms. The van der Waals surface area contributed by atoms with E-state index in [1.807, 2.05) is 6.92 Å². The van der Waals surface area contributed by atoms with Crippen molar-refractivity contribution in [1.29, 1.82) is 0 Å². The molecule has 2 nitrogen and oxygen atoms in total. The number of thioether (sulfide) groups is 1. The van der Waals surface area contributed by atoms with E-state index in [4.69, 9.17) is 12.2 Å². The Morgan fingerprint density at radius 3 is 2.90 bits per heavy atom. The molecule has 0 radical (unpaired) electrons. The van der Waals surface area contributed by atoms with Crippen LogP contribution in [0.25, 0.3) is 0 Å². The van der Waals surface area contributed by atoms with Crippen molar-refractivity contribution in [2.24, 2.45) is 0 Å². The van der Waals surface area contributed by atoms with Crippen molar-refractivity contribution in [3.05, 3.63) is 12.7 Å². The molecule has 0 aliphatic rings. The molecule has 0 saturated heterocycles. The van der Waals surface area contributed by atoms with Gasteiger partial charge in [-0.2, -0.15) is 0 Å². The minimum Gasteiger partial charge on any atom is -0.308 e. The Morgan fingerprint density at radius 1 is 1.90 bits per heavy atom. The van der Waals surface area contributed by atoms with Crippen molar-refractivity contribution in [2.75, 3.05) is 5.75 Å². The van der Waals surface area contributed by atoms with E-state index in [9.17, 15) is 4.79 Å². The third-order valence-electron chi connectivity index (χ3n) is 0.686. The van der Waals surface area contributed by atoms with Gasteiger partial charge in [-0.3, -0.25) is 4.79 Å². The van der Waals surface area contributed by atoms with Crippen LogP contribution in [0.15, 0.2) is 12.7 Å². The lowest BCUT2D eigenvalue weighted by Crippen LogP contribution is -2.24. The van der Waals surface area contributed by atoms with Crippen LogP contribution in [0.4, 0.5) is 0 Å². The molecule has 1 N–H and O–H groups in total. The minimum absolute atomic E-state index is 0.244. The summed E-state index contributed by atoms with van der Waals surface area (Å²) >= 11 is 6.21. The van der Waals surface area contributed by atoms with Gasteiger partial charge in [-0.05, 0) is 11.8 Å². The normalized spacial score (nSPS) is 8.50.